The Morgan fingerprint density at radius 1 is 1.16 bits per heavy atom. The van der Waals surface area contributed by atoms with Crippen molar-refractivity contribution in [1.29, 1.82) is 0 Å². The lowest BCUT2D eigenvalue weighted by atomic mass is 10.3. The summed E-state index contributed by atoms with van der Waals surface area (Å²) in [6.45, 7) is 8.53. The number of benzene rings is 1. The number of alkyl halides is 1. The fraction of sp³-hybridized carbons (Fsp3) is 0.571. The number of ether oxygens (including phenoxy) is 2. The molecule has 19 heavy (non-hydrogen) atoms. The van der Waals surface area contributed by atoms with Crippen molar-refractivity contribution in [3.05, 3.63) is 23.2 Å². The summed E-state index contributed by atoms with van der Waals surface area (Å²) in [4.78, 5) is 2.31. The summed E-state index contributed by atoms with van der Waals surface area (Å²) >= 11 is 9.47. The Bertz CT molecular complexity index is 372. The Kier molecular flexibility index (Phi) is 8.26. The Morgan fingerprint density at radius 2 is 1.89 bits per heavy atom. The van der Waals surface area contributed by atoms with Crippen molar-refractivity contribution < 1.29 is 9.47 Å². The van der Waals surface area contributed by atoms with E-state index in [1.165, 1.54) is 0 Å². The second-order valence-electron chi connectivity index (χ2n) is 4.01. The van der Waals surface area contributed by atoms with Crippen LogP contribution >= 0.6 is 27.5 Å². The molecule has 108 valence electrons. The van der Waals surface area contributed by atoms with Gasteiger partial charge in [-0.25, -0.2) is 0 Å². The standard InChI is InChI=1S/C14H21BrClNO2/c1-3-17(4-2)8-10-19-14-6-5-12(11-13(14)16)18-9-7-15/h5-6,11H,3-4,7-10H2,1-2H3. The van der Waals surface area contributed by atoms with E-state index in [9.17, 15) is 0 Å². The van der Waals surface area contributed by atoms with Crippen LogP contribution in [-0.2, 0) is 0 Å². The highest BCUT2D eigenvalue weighted by atomic mass is 79.9. The fourth-order valence-corrected chi connectivity index (χ4v) is 2.06. The molecule has 3 nitrogen and oxygen atoms in total. The predicted octanol–water partition coefficient (Wildman–Crippen LogP) is 3.83. The van der Waals surface area contributed by atoms with Gasteiger partial charge in [-0.2, -0.15) is 0 Å². The highest BCUT2D eigenvalue weighted by molar-refractivity contribution is 9.09. The zero-order chi connectivity index (χ0) is 14.1. The van der Waals surface area contributed by atoms with E-state index in [1.807, 2.05) is 12.1 Å². The van der Waals surface area contributed by atoms with Crippen molar-refractivity contribution in [3.63, 3.8) is 0 Å². The van der Waals surface area contributed by atoms with Gasteiger partial charge in [0.2, 0.25) is 0 Å². The van der Waals surface area contributed by atoms with Crippen LogP contribution < -0.4 is 9.47 Å². The van der Waals surface area contributed by atoms with E-state index in [0.29, 0.717) is 24.0 Å². The molecule has 0 heterocycles. The first kappa shape index (κ1) is 16.6. The van der Waals surface area contributed by atoms with E-state index in [4.69, 9.17) is 21.1 Å². The van der Waals surface area contributed by atoms with Crippen LogP contribution in [0.2, 0.25) is 5.02 Å². The average Bonchev–Trinajstić information content (AvgIpc) is 2.43. The summed E-state index contributed by atoms with van der Waals surface area (Å²) in [6, 6.07) is 5.52. The topological polar surface area (TPSA) is 21.7 Å². The Morgan fingerprint density at radius 3 is 2.47 bits per heavy atom. The van der Waals surface area contributed by atoms with E-state index >= 15 is 0 Å². The smallest absolute Gasteiger partial charge is 0.138 e. The molecule has 1 aromatic carbocycles. The van der Waals surface area contributed by atoms with Gasteiger partial charge in [0.05, 0.1) is 11.6 Å². The van der Waals surface area contributed by atoms with Gasteiger partial charge in [-0.1, -0.05) is 41.4 Å². The Hall–Kier alpha value is -0.450. The molecule has 1 aromatic rings. The highest BCUT2D eigenvalue weighted by Gasteiger charge is 2.05. The third kappa shape index (κ3) is 6.02. The average molecular weight is 351 g/mol. The molecule has 0 unspecified atom stereocenters. The van der Waals surface area contributed by atoms with Crippen molar-refractivity contribution in [2.75, 3.05) is 38.2 Å². The second-order valence-corrected chi connectivity index (χ2v) is 5.21. The van der Waals surface area contributed by atoms with Crippen molar-refractivity contribution in [2.24, 2.45) is 0 Å². The fourth-order valence-electron chi connectivity index (χ4n) is 1.67. The van der Waals surface area contributed by atoms with Gasteiger partial charge in [0, 0.05) is 17.9 Å². The predicted molar refractivity (Wildman–Crippen MR) is 84.0 cm³/mol. The first-order chi connectivity index (χ1) is 9.21. The lowest BCUT2D eigenvalue weighted by molar-refractivity contribution is 0.222. The highest BCUT2D eigenvalue weighted by Crippen LogP contribution is 2.28. The number of halogens is 2. The van der Waals surface area contributed by atoms with Crippen LogP contribution in [-0.4, -0.2) is 43.1 Å². The minimum atomic E-state index is 0.589. The molecule has 0 bridgehead atoms. The molecular formula is C14H21BrClNO2. The number of nitrogens with zero attached hydrogens (tertiary/aromatic N) is 1. The van der Waals surface area contributed by atoms with Gasteiger partial charge < -0.3 is 14.4 Å². The lowest BCUT2D eigenvalue weighted by Gasteiger charge is -2.18. The zero-order valence-electron chi connectivity index (χ0n) is 11.5. The van der Waals surface area contributed by atoms with Gasteiger partial charge >= 0.3 is 0 Å². The molecule has 0 fully saturated rings. The van der Waals surface area contributed by atoms with Crippen LogP contribution in [0, 0.1) is 0 Å². The van der Waals surface area contributed by atoms with Gasteiger partial charge in [0.1, 0.15) is 18.1 Å². The molecule has 0 amide bonds. The largest absolute Gasteiger partial charge is 0.493 e. The van der Waals surface area contributed by atoms with Gasteiger partial charge in [0.15, 0.2) is 0 Å². The van der Waals surface area contributed by atoms with E-state index in [1.54, 1.807) is 6.07 Å². The Balaban J connectivity index is 2.46. The molecule has 0 aliphatic carbocycles. The lowest BCUT2D eigenvalue weighted by Crippen LogP contribution is -2.27. The minimum Gasteiger partial charge on any atom is -0.493 e. The number of hydrogen-bond donors (Lipinski definition) is 0. The number of rotatable bonds is 9. The molecular weight excluding hydrogens is 330 g/mol. The first-order valence-corrected chi connectivity index (χ1v) is 8.04. The van der Waals surface area contributed by atoms with Crippen LogP contribution in [0.5, 0.6) is 11.5 Å². The minimum absolute atomic E-state index is 0.589. The molecule has 0 radical (unpaired) electrons. The normalized spacial score (nSPS) is 10.8. The van der Waals surface area contributed by atoms with Gasteiger partial charge in [-0.3, -0.25) is 0 Å². The van der Waals surface area contributed by atoms with Crippen LogP contribution in [0.3, 0.4) is 0 Å². The summed E-state index contributed by atoms with van der Waals surface area (Å²) in [7, 11) is 0. The maximum absolute atomic E-state index is 6.16. The van der Waals surface area contributed by atoms with E-state index in [-0.39, 0.29) is 0 Å². The van der Waals surface area contributed by atoms with Gasteiger partial charge in [0.25, 0.3) is 0 Å². The maximum Gasteiger partial charge on any atom is 0.138 e. The third-order valence-electron chi connectivity index (χ3n) is 2.81. The molecule has 0 N–H and O–H groups in total. The van der Waals surface area contributed by atoms with Crippen LogP contribution in [0.1, 0.15) is 13.8 Å². The Labute approximate surface area is 129 Å². The summed E-state index contributed by atoms with van der Waals surface area (Å²) in [5.41, 5.74) is 0. The summed E-state index contributed by atoms with van der Waals surface area (Å²) < 4.78 is 11.2. The van der Waals surface area contributed by atoms with E-state index in [0.717, 1.165) is 30.7 Å². The summed E-state index contributed by atoms with van der Waals surface area (Å²) in [5.74, 6) is 1.47. The molecule has 0 aromatic heterocycles. The van der Waals surface area contributed by atoms with E-state index in [2.05, 4.69) is 34.7 Å². The van der Waals surface area contributed by atoms with Gasteiger partial charge in [-0.05, 0) is 25.2 Å². The second kappa shape index (κ2) is 9.45. The molecule has 0 saturated heterocycles. The van der Waals surface area contributed by atoms with Crippen LogP contribution in [0.4, 0.5) is 0 Å². The molecule has 0 atom stereocenters. The summed E-state index contributed by atoms with van der Waals surface area (Å²) in [5, 5.41) is 1.39. The van der Waals surface area contributed by atoms with E-state index < -0.39 is 0 Å². The van der Waals surface area contributed by atoms with Crippen LogP contribution in [0.15, 0.2) is 18.2 Å². The van der Waals surface area contributed by atoms with Crippen molar-refractivity contribution >= 4 is 27.5 Å². The quantitative estimate of drug-likeness (QED) is 0.632. The SMILES string of the molecule is CCN(CC)CCOc1ccc(OCCBr)cc1Cl. The molecule has 0 spiro atoms. The number of hydrogen-bond acceptors (Lipinski definition) is 3. The first-order valence-electron chi connectivity index (χ1n) is 6.54. The molecule has 1 rings (SSSR count). The number of likely N-dealkylation sites (N-methyl/N-ethyl adjacent to an activating group) is 1. The van der Waals surface area contributed by atoms with Crippen molar-refractivity contribution in [2.45, 2.75) is 13.8 Å². The third-order valence-corrected chi connectivity index (χ3v) is 3.43. The van der Waals surface area contributed by atoms with Crippen LogP contribution in [0.25, 0.3) is 0 Å². The van der Waals surface area contributed by atoms with Crippen molar-refractivity contribution in [1.82, 2.24) is 4.90 Å². The summed E-state index contributed by atoms with van der Waals surface area (Å²) in [6.07, 6.45) is 0. The molecule has 0 aliphatic rings. The molecule has 0 aliphatic heterocycles. The van der Waals surface area contributed by atoms with Gasteiger partial charge in [-0.15, -0.1) is 0 Å². The maximum atomic E-state index is 6.16. The monoisotopic (exact) mass is 349 g/mol. The zero-order valence-corrected chi connectivity index (χ0v) is 13.8. The molecule has 0 saturated carbocycles. The molecule has 5 heteroatoms. The van der Waals surface area contributed by atoms with Crippen molar-refractivity contribution in [3.8, 4) is 11.5 Å².